The Morgan fingerprint density at radius 1 is 1.50 bits per heavy atom. The number of esters is 1. The molecule has 0 bridgehead atoms. The van der Waals surface area contributed by atoms with Crippen LogP contribution in [0.4, 0.5) is 0 Å². The number of carbonyl (C=O) groups is 1. The Balaban J connectivity index is 3.22. The molecular weight excluding hydrogens is 228 g/mol. The minimum atomic E-state index is -0.621. The van der Waals surface area contributed by atoms with Gasteiger partial charge in [0.1, 0.15) is 5.75 Å². The lowest BCUT2D eigenvalue weighted by molar-refractivity contribution is -0.134. The second kappa shape index (κ2) is 5.54. The third-order valence-corrected chi connectivity index (χ3v) is 2.92. The molecule has 0 aromatic heterocycles. The van der Waals surface area contributed by atoms with Crippen LogP contribution in [-0.2, 0) is 14.9 Å². The summed E-state index contributed by atoms with van der Waals surface area (Å²) in [7, 11) is 1.32. The van der Waals surface area contributed by atoms with Crippen LogP contribution in [0.5, 0.6) is 5.75 Å². The third kappa shape index (κ3) is 3.00. The zero-order chi connectivity index (χ0) is 13.8. The van der Waals surface area contributed by atoms with Crippen molar-refractivity contribution in [2.75, 3.05) is 7.11 Å². The molecule has 0 aliphatic heterocycles. The number of ether oxygens (including phenoxy) is 1. The van der Waals surface area contributed by atoms with Crippen molar-refractivity contribution in [1.82, 2.24) is 0 Å². The second-order valence-corrected chi connectivity index (χ2v) is 4.36. The third-order valence-electron chi connectivity index (χ3n) is 2.92. The summed E-state index contributed by atoms with van der Waals surface area (Å²) in [4.78, 5) is 11.2. The van der Waals surface area contributed by atoms with Crippen LogP contribution in [0.3, 0.4) is 0 Å². The molecule has 0 amide bonds. The predicted molar refractivity (Wildman–Crippen MR) is 71.5 cm³/mol. The molecule has 0 unspecified atom stereocenters. The van der Waals surface area contributed by atoms with E-state index in [1.807, 2.05) is 26.0 Å². The van der Waals surface area contributed by atoms with E-state index >= 15 is 0 Å². The fourth-order valence-electron chi connectivity index (χ4n) is 1.66. The van der Waals surface area contributed by atoms with Crippen LogP contribution in [-0.4, -0.2) is 18.2 Å². The minimum Gasteiger partial charge on any atom is -0.508 e. The molecule has 0 aliphatic rings. The Morgan fingerprint density at radius 3 is 2.72 bits per heavy atom. The van der Waals surface area contributed by atoms with Gasteiger partial charge in [0.05, 0.1) is 7.11 Å². The number of phenols is 1. The first-order chi connectivity index (χ1) is 8.42. The van der Waals surface area contributed by atoms with Gasteiger partial charge >= 0.3 is 5.97 Å². The Hall–Kier alpha value is -2.03. The van der Waals surface area contributed by atoms with E-state index in [0.29, 0.717) is 5.56 Å². The van der Waals surface area contributed by atoms with Crippen LogP contribution in [0.15, 0.2) is 43.0 Å². The quantitative estimate of drug-likeness (QED) is 0.505. The molecule has 0 heterocycles. The molecule has 1 aromatic carbocycles. The molecule has 18 heavy (non-hydrogen) atoms. The zero-order valence-electron chi connectivity index (χ0n) is 10.9. The van der Waals surface area contributed by atoms with E-state index in [1.165, 1.54) is 13.2 Å². The second-order valence-electron chi connectivity index (χ2n) is 4.36. The van der Waals surface area contributed by atoms with E-state index in [1.54, 1.807) is 18.2 Å². The SMILES string of the molecule is C=C[C@](C)(/C=C/C(=O)OC)c1cc(C)ccc1O. The Labute approximate surface area is 107 Å². The van der Waals surface area contributed by atoms with Gasteiger partial charge in [0.25, 0.3) is 0 Å². The average molecular weight is 246 g/mol. The van der Waals surface area contributed by atoms with Crippen LogP contribution in [0.2, 0.25) is 0 Å². The molecule has 0 saturated heterocycles. The van der Waals surface area contributed by atoms with Crippen molar-refractivity contribution in [3.05, 3.63) is 54.1 Å². The van der Waals surface area contributed by atoms with Crippen molar-refractivity contribution in [1.29, 1.82) is 0 Å². The van der Waals surface area contributed by atoms with Gasteiger partial charge in [-0.25, -0.2) is 4.79 Å². The summed E-state index contributed by atoms with van der Waals surface area (Å²) < 4.78 is 4.56. The Kier molecular flexibility index (Phi) is 4.32. The van der Waals surface area contributed by atoms with E-state index in [0.717, 1.165) is 5.56 Å². The molecule has 0 saturated carbocycles. The van der Waals surface area contributed by atoms with E-state index in [4.69, 9.17) is 0 Å². The molecule has 3 heteroatoms. The van der Waals surface area contributed by atoms with Gasteiger partial charge in [-0.05, 0) is 19.9 Å². The molecule has 1 aromatic rings. The minimum absolute atomic E-state index is 0.178. The number of methoxy groups -OCH3 is 1. The molecule has 1 N–H and O–H groups in total. The van der Waals surface area contributed by atoms with Crippen LogP contribution in [0, 0.1) is 6.92 Å². The summed E-state index contributed by atoms with van der Waals surface area (Å²) in [5, 5.41) is 9.93. The highest BCUT2D eigenvalue weighted by atomic mass is 16.5. The highest BCUT2D eigenvalue weighted by Crippen LogP contribution is 2.34. The fourth-order valence-corrected chi connectivity index (χ4v) is 1.66. The summed E-state index contributed by atoms with van der Waals surface area (Å²) in [5.41, 5.74) is 1.12. The summed E-state index contributed by atoms with van der Waals surface area (Å²) >= 11 is 0. The van der Waals surface area contributed by atoms with Gasteiger partial charge in [0.2, 0.25) is 0 Å². The number of hydrogen-bond donors (Lipinski definition) is 1. The number of carbonyl (C=O) groups excluding carboxylic acids is 1. The van der Waals surface area contributed by atoms with Crippen molar-refractivity contribution in [2.24, 2.45) is 0 Å². The monoisotopic (exact) mass is 246 g/mol. The first kappa shape index (κ1) is 14.0. The highest BCUT2D eigenvalue weighted by molar-refractivity contribution is 5.82. The van der Waals surface area contributed by atoms with Gasteiger partial charge in [-0.1, -0.05) is 29.8 Å². The summed E-state index contributed by atoms with van der Waals surface area (Å²) in [6.07, 6.45) is 4.69. The average Bonchev–Trinajstić information content (AvgIpc) is 2.38. The number of rotatable bonds is 4. The molecule has 3 nitrogen and oxygen atoms in total. The lowest BCUT2D eigenvalue weighted by Crippen LogP contribution is -2.16. The van der Waals surface area contributed by atoms with Gasteiger partial charge in [-0.3, -0.25) is 0 Å². The van der Waals surface area contributed by atoms with Gasteiger partial charge < -0.3 is 9.84 Å². The van der Waals surface area contributed by atoms with E-state index < -0.39 is 11.4 Å². The van der Waals surface area contributed by atoms with Crippen molar-refractivity contribution in [2.45, 2.75) is 19.3 Å². The number of phenolic OH excluding ortho intramolecular Hbond substituents is 1. The Bertz CT molecular complexity index is 489. The van der Waals surface area contributed by atoms with Crippen LogP contribution >= 0.6 is 0 Å². The molecule has 1 atom stereocenters. The molecule has 96 valence electrons. The number of benzene rings is 1. The summed E-state index contributed by atoms with van der Waals surface area (Å²) in [6.45, 7) is 7.58. The maximum Gasteiger partial charge on any atom is 0.330 e. The number of aryl methyl sites for hydroxylation is 1. The van der Waals surface area contributed by atoms with E-state index in [-0.39, 0.29) is 5.75 Å². The van der Waals surface area contributed by atoms with Crippen molar-refractivity contribution in [3.63, 3.8) is 0 Å². The topological polar surface area (TPSA) is 46.5 Å². The smallest absolute Gasteiger partial charge is 0.330 e. The van der Waals surface area contributed by atoms with Crippen LogP contribution in [0.25, 0.3) is 0 Å². The lowest BCUT2D eigenvalue weighted by Gasteiger charge is -2.23. The lowest BCUT2D eigenvalue weighted by atomic mass is 9.81. The standard InChI is InChI=1S/C15H18O3/c1-5-15(3,9-8-14(17)18-4)12-10-11(2)6-7-13(12)16/h5-10,16H,1H2,2-4H3/b9-8+/t15-/m1/s1. The first-order valence-corrected chi connectivity index (χ1v) is 5.64. The first-order valence-electron chi connectivity index (χ1n) is 5.64. The number of hydrogen-bond acceptors (Lipinski definition) is 3. The largest absolute Gasteiger partial charge is 0.508 e. The summed E-state index contributed by atoms with van der Waals surface area (Å²) in [5.74, 6) is -0.257. The molecule has 0 fully saturated rings. The van der Waals surface area contributed by atoms with Crippen molar-refractivity contribution >= 4 is 5.97 Å². The van der Waals surface area contributed by atoms with Crippen molar-refractivity contribution < 1.29 is 14.6 Å². The molecule has 0 spiro atoms. The number of aromatic hydroxyl groups is 1. The van der Waals surface area contributed by atoms with Gasteiger partial charge in [-0.15, -0.1) is 6.58 Å². The van der Waals surface area contributed by atoms with Gasteiger partial charge in [-0.2, -0.15) is 0 Å². The van der Waals surface area contributed by atoms with Crippen LogP contribution < -0.4 is 0 Å². The Morgan fingerprint density at radius 2 is 2.17 bits per heavy atom. The van der Waals surface area contributed by atoms with Gasteiger partial charge in [0, 0.05) is 17.1 Å². The van der Waals surface area contributed by atoms with E-state index in [2.05, 4.69) is 11.3 Å². The number of allylic oxidation sites excluding steroid dienone is 2. The molecule has 1 rings (SSSR count). The zero-order valence-corrected chi connectivity index (χ0v) is 10.9. The normalized spacial score (nSPS) is 14.2. The van der Waals surface area contributed by atoms with Crippen molar-refractivity contribution in [3.8, 4) is 5.75 Å². The van der Waals surface area contributed by atoms with Crippen LogP contribution in [0.1, 0.15) is 18.1 Å². The maximum absolute atomic E-state index is 11.2. The van der Waals surface area contributed by atoms with Gasteiger partial charge in [0.15, 0.2) is 0 Å². The molecular formula is C15H18O3. The highest BCUT2D eigenvalue weighted by Gasteiger charge is 2.23. The molecule has 0 radical (unpaired) electrons. The summed E-state index contributed by atoms with van der Waals surface area (Å²) in [6, 6.07) is 5.34. The maximum atomic E-state index is 11.2. The predicted octanol–water partition coefficient (Wildman–Crippen LogP) is 2.87. The van der Waals surface area contributed by atoms with E-state index in [9.17, 15) is 9.90 Å². The fraction of sp³-hybridized carbons (Fsp3) is 0.267. The molecule has 0 aliphatic carbocycles.